The van der Waals surface area contributed by atoms with Crippen LogP contribution < -0.4 is 0 Å². The molecule has 0 aromatic heterocycles. The van der Waals surface area contributed by atoms with Crippen LogP contribution in [0.5, 0.6) is 0 Å². The van der Waals surface area contributed by atoms with Crippen LogP contribution in [0.3, 0.4) is 0 Å². The summed E-state index contributed by atoms with van der Waals surface area (Å²) in [5.41, 5.74) is 1.31. The molecule has 0 spiro atoms. The molecule has 0 aliphatic rings. The summed E-state index contributed by atoms with van der Waals surface area (Å²) in [4.78, 5) is 0. The number of benzene rings is 1. The molecule has 0 fully saturated rings. The van der Waals surface area contributed by atoms with Gasteiger partial charge >= 0.3 is 0 Å². The van der Waals surface area contributed by atoms with E-state index in [0.29, 0.717) is 5.25 Å². The van der Waals surface area contributed by atoms with E-state index in [-0.39, 0.29) is 0 Å². The van der Waals surface area contributed by atoms with Crippen LogP contribution in [0.1, 0.15) is 18.9 Å². The lowest BCUT2D eigenvalue weighted by Gasteiger charge is -2.06. The second kappa shape index (κ2) is 4.78. The third kappa shape index (κ3) is 3.08. The molecule has 0 aliphatic carbocycles. The van der Waals surface area contributed by atoms with Gasteiger partial charge in [0.2, 0.25) is 0 Å². The van der Waals surface area contributed by atoms with Crippen LogP contribution in [0, 0.1) is 0 Å². The van der Waals surface area contributed by atoms with Crippen molar-refractivity contribution in [1.82, 2.24) is 0 Å². The highest BCUT2D eigenvalue weighted by molar-refractivity contribution is 7.80. The minimum atomic E-state index is 0.464. The van der Waals surface area contributed by atoms with Gasteiger partial charge in [0.25, 0.3) is 0 Å². The normalized spacial score (nSPS) is 12.9. The molecule has 2 heteroatoms. The quantitative estimate of drug-likeness (QED) is 0.709. The summed E-state index contributed by atoms with van der Waals surface area (Å²) in [5, 5.41) is 1.26. The van der Waals surface area contributed by atoms with Gasteiger partial charge in [-0.1, -0.05) is 30.7 Å². The van der Waals surface area contributed by atoms with Crippen molar-refractivity contribution in [3.8, 4) is 0 Å². The van der Waals surface area contributed by atoms with E-state index < -0.39 is 0 Å². The summed E-state index contributed by atoms with van der Waals surface area (Å²) in [6.45, 7) is 2.15. The molecule has 0 aliphatic heterocycles. The summed E-state index contributed by atoms with van der Waals surface area (Å²) >= 11 is 10.2. The molecule has 1 unspecified atom stereocenters. The molecule has 12 heavy (non-hydrogen) atoms. The third-order valence-electron chi connectivity index (χ3n) is 1.86. The summed E-state index contributed by atoms with van der Waals surface area (Å²) in [6.07, 6.45) is 2.13. The Morgan fingerprint density at radius 1 is 1.33 bits per heavy atom. The monoisotopic (exact) mass is 200 g/mol. The van der Waals surface area contributed by atoms with Crippen LogP contribution in [0.2, 0.25) is 5.02 Å². The molecule has 0 radical (unpaired) electrons. The number of rotatable bonds is 3. The van der Waals surface area contributed by atoms with E-state index in [1.165, 1.54) is 5.56 Å². The van der Waals surface area contributed by atoms with Gasteiger partial charge in [0.05, 0.1) is 0 Å². The molecule has 1 aromatic rings. The van der Waals surface area contributed by atoms with E-state index in [4.69, 9.17) is 11.6 Å². The maximum absolute atomic E-state index is 5.76. The van der Waals surface area contributed by atoms with E-state index in [1.807, 2.05) is 12.1 Å². The van der Waals surface area contributed by atoms with Crippen LogP contribution in [0.4, 0.5) is 0 Å². The van der Waals surface area contributed by atoms with Gasteiger partial charge in [0.1, 0.15) is 0 Å². The second-order valence-corrected chi connectivity index (χ2v) is 4.06. The minimum Gasteiger partial charge on any atom is -0.176 e. The lowest BCUT2D eigenvalue weighted by Crippen LogP contribution is -2.00. The van der Waals surface area contributed by atoms with Crippen molar-refractivity contribution in [3.63, 3.8) is 0 Å². The van der Waals surface area contributed by atoms with Gasteiger partial charge in [-0.3, -0.25) is 0 Å². The zero-order valence-electron chi connectivity index (χ0n) is 7.13. The molecule has 0 heterocycles. The predicted molar refractivity (Wildman–Crippen MR) is 58.2 cm³/mol. The largest absolute Gasteiger partial charge is 0.176 e. The van der Waals surface area contributed by atoms with E-state index >= 15 is 0 Å². The lowest BCUT2D eigenvalue weighted by atomic mass is 10.1. The van der Waals surface area contributed by atoms with Gasteiger partial charge in [0.15, 0.2) is 0 Å². The van der Waals surface area contributed by atoms with Crippen LogP contribution in [0.25, 0.3) is 0 Å². The van der Waals surface area contributed by atoms with E-state index in [9.17, 15) is 0 Å². The molecular formula is C10H13ClS. The number of thiol groups is 1. The summed E-state index contributed by atoms with van der Waals surface area (Å²) in [7, 11) is 0. The third-order valence-corrected chi connectivity index (χ3v) is 2.66. The molecule has 0 saturated carbocycles. The molecule has 0 saturated heterocycles. The highest BCUT2D eigenvalue weighted by atomic mass is 35.5. The zero-order valence-corrected chi connectivity index (χ0v) is 8.78. The SMILES string of the molecule is CCC(S)Cc1ccc(Cl)cc1. The minimum absolute atomic E-state index is 0.464. The van der Waals surface area contributed by atoms with Gasteiger partial charge in [-0.15, -0.1) is 0 Å². The summed E-state index contributed by atoms with van der Waals surface area (Å²) in [5.74, 6) is 0. The van der Waals surface area contributed by atoms with Crippen LogP contribution in [-0.2, 0) is 6.42 Å². The fourth-order valence-electron chi connectivity index (χ4n) is 1.04. The Labute approximate surface area is 84.3 Å². The average molecular weight is 201 g/mol. The van der Waals surface area contributed by atoms with E-state index in [1.54, 1.807) is 0 Å². The fraction of sp³-hybridized carbons (Fsp3) is 0.400. The van der Waals surface area contributed by atoms with E-state index in [0.717, 1.165) is 17.9 Å². The van der Waals surface area contributed by atoms with Crippen LogP contribution in [-0.4, -0.2) is 5.25 Å². The van der Waals surface area contributed by atoms with Gasteiger partial charge in [-0.25, -0.2) is 0 Å². The Hall–Kier alpha value is -0.140. The first kappa shape index (κ1) is 9.94. The molecule has 0 nitrogen and oxygen atoms in total. The average Bonchev–Trinajstić information content (AvgIpc) is 2.09. The van der Waals surface area contributed by atoms with Crippen molar-refractivity contribution in [1.29, 1.82) is 0 Å². The predicted octanol–water partition coefficient (Wildman–Crippen LogP) is 3.59. The van der Waals surface area contributed by atoms with Gasteiger partial charge in [-0.05, 0) is 30.5 Å². The standard InChI is InChI=1S/C10H13ClS/c1-2-10(12)7-8-3-5-9(11)6-4-8/h3-6,10,12H,2,7H2,1H3. The smallest absolute Gasteiger partial charge is 0.0406 e. The number of hydrogen-bond donors (Lipinski definition) is 1. The van der Waals surface area contributed by atoms with Gasteiger partial charge in [-0.2, -0.15) is 12.6 Å². The Morgan fingerprint density at radius 2 is 1.92 bits per heavy atom. The first-order valence-electron chi connectivity index (χ1n) is 4.15. The molecule has 0 N–H and O–H groups in total. The molecule has 0 amide bonds. The summed E-state index contributed by atoms with van der Waals surface area (Å²) < 4.78 is 0. The van der Waals surface area contributed by atoms with Crippen molar-refractivity contribution < 1.29 is 0 Å². The Kier molecular flexibility index (Phi) is 3.96. The van der Waals surface area contributed by atoms with Crippen molar-refractivity contribution in [2.45, 2.75) is 25.0 Å². The van der Waals surface area contributed by atoms with Crippen molar-refractivity contribution >= 4 is 24.2 Å². The highest BCUT2D eigenvalue weighted by Gasteiger charge is 2.00. The molecule has 1 aromatic carbocycles. The number of halogens is 1. The molecule has 0 bridgehead atoms. The van der Waals surface area contributed by atoms with E-state index in [2.05, 4.69) is 31.7 Å². The first-order valence-corrected chi connectivity index (χ1v) is 5.04. The molecule has 66 valence electrons. The number of hydrogen-bond acceptors (Lipinski definition) is 1. The topological polar surface area (TPSA) is 0 Å². The Bertz CT molecular complexity index is 230. The maximum atomic E-state index is 5.76. The maximum Gasteiger partial charge on any atom is 0.0406 e. The second-order valence-electron chi connectivity index (χ2n) is 2.89. The van der Waals surface area contributed by atoms with Crippen molar-refractivity contribution in [2.75, 3.05) is 0 Å². The zero-order chi connectivity index (χ0) is 8.97. The molecule has 1 atom stereocenters. The van der Waals surface area contributed by atoms with Crippen molar-refractivity contribution in [2.24, 2.45) is 0 Å². The summed E-state index contributed by atoms with van der Waals surface area (Å²) in [6, 6.07) is 7.96. The van der Waals surface area contributed by atoms with Crippen LogP contribution in [0.15, 0.2) is 24.3 Å². The first-order chi connectivity index (χ1) is 5.72. The van der Waals surface area contributed by atoms with Crippen LogP contribution >= 0.6 is 24.2 Å². The lowest BCUT2D eigenvalue weighted by molar-refractivity contribution is 0.822. The van der Waals surface area contributed by atoms with Gasteiger partial charge < -0.3 is 0 Å². The fourth-order valence-corrected chi connectivity index (χ4v) is 1.37. The highest BCUT2D eigenvalue weighted by Crippen LogP contribution is 2.14. The Morgan fingerprint density at radius 3 is 2.42 bits per heavy atom. The Balaban J connectivity index is 2.58. The molecule has 1 rings (SSSR count). The molecular weight excluding hydrogens is 188 g/mol. The van der Waals surface area contributed by atoms with Crippen molar-refractivity contribution in [3.05, 3.63) is 34.9 Å². The van der Waals surface area contributed by atoms with Gasteiger partial charge in [0, 0.05) is 10.3 Å².